The highest BCUT2D eigenvalue weighted by Crippen LogP contribution is 2.22. The molecule has 0 fully saturated rings. The van der Waals surface area contributed by atoms with Crippen molar-refractivity contribution in [3.63, 3.8) is 0 Å². The zero-order chi connectivity index (χ0) is 18.0. The summed E-state index contributed by atoms with van der Waals surface area (Å²) in [5.74, 6) is -0.360. The van der Waals surface area contributed by atoms with E-state index in [1.165, 1.54) is 6.20 Å². The number of aromatic nitrogens is 4. The van der Waals surface area contributed by atoms with Gasteiger partial charge in [-0.05, 0) is 38.1 Å². The molecule has 3 rings (SSSR count). The molecule has 0 saturated carbocycles. The predicted octanol–water partition coefficient (Wildman–Crippen LogP) is 2.81. The number of benzene rings is 1. The van der Waals surface area contributed by atoms with Crippen molar-refractivity contribution in [1.82, 2.24) is 19.7 Å². The Kier molecular flexibility index (Phi) is 5.10. The van der Waals surface area contributed by atoms with Gasteiger partial charge in [0.05, 0.1) is 18.5 Å². The van der Waals surface area contributed by atoms with Crippen LogP contribution in [0, 0.1) is 0 Å². The van der Waals surface area contributed by atoms with E-state index in [0.717, 1.165) is 17.4 Å². The number of carbonyl (C=O) groups excluding carboxylic acids is 1. The number of hydrogen-bond acceptors (Lipinski definition) is 6. The van der Waals surface area contributed by atoms with Gasteiger partial charge in [-0.25, -0.2) is 9.67 Å². The zero-order valence-electron chi connectivity index (χ0n) is 13.5. The lowest BCUT2D eigenvalue weighted by Gasteiger charge is -2.09. The Hall–Kier alpha value is -2.32. The first-order valence-electron chi connectivity index (χ1n) is 7.57. The van der Waals surface area contributed by atoms with Crippen molar-refractivity contribution in [2.45, 2.75) is 24.3 Å². The van der Waals surface area contributed by atoms with Gasteiger partial charge in [0.2, 0.25) is 0 Å². The molecular weight excluding hydrogens is 364 g/mol. The lowest BCUT2D eigenvalue weighted by atomic mass is 10.3. The van der Waals surface area contributed by atoms with E-state index in [0.29, 0.717) is 27.8 Å². The van der Waals surface area contributed by atoms with Gasteiger partial charge >= 0.3 is 5.97 Å². The summed E-state index contributed by atoms with van der Waals surface area (Å²) in [5, 5.41) is 5.03. The first-order chi connectivity index (χ1) is 12.0. The molecule has 0 bridgehead atoms. The van der Waals surface area contributed by atoms with Gasteiger partial charge < -0.3 is 9.72 Å². The third-order valence-corrected chi connectivity index (χ3v) is 4.61. The van der Waals surface area contributed by atoms with E-state index in [9.17, 15) is 9.59 Å². The summed E-state index contributed by atoms with van der Waals surface area (Å²) in [6, 6.07) is 7.03. The molecule has 9 heteroatoms. The largest absolute Gasteiger partial charge is 0.465 e. The van der Waals surface area contributed by atoms with Crippen molar-refractivity contribution in [2.75, 3.05) is 6.61 Å². The Labute approximate surface area is 152 Å². The fraction of sp³-hybridized carbons (Fsp3) is 0.250. The van der Waals surface area contributed by atoms with Crippen LogP contribution in [0.1, 0.15) is 13.8 Å². The first-order valence-corrected chi connectivity index (χ1v) is 8.82. The fourth-order valence-electron chi connectivity index (χ4n) is 2.20. The van der Waals surface area contributed by atoms with Crippen LogP contribution in [-0.4, -0.2) is 37.6 Å². The molecule has 0 radical (unpaired) electrons. The molecule has 130 valence electrons. The van der Waals surface area contributed by atoms with Gasteiger partial charge in [-0.15, -0.1) is 0 Å². The normalized spacial score (nSPS) is 12.3. The van der Waals surface area contributed by atoms with Crippen molar-refractivity contribution in [3.8, 4) is 5.69 Å². The first kappa shape index (κ1) is 17.5. The van der Waals surface area contributed by atoms with Crippen LogP contribution < -0.4 is 5.56 Å². The Morgan fingerprint density at radius 3 is 2.80 bits per heavy atom. The molecule has 0 aliphatic rings. The molecule has 1 atom stereocenters. The average Bonchev–Trinajstić information content (AvgIpc) is 3.00. The van der Waals surface area contributed by atoms with Crippen molar-refractivity contribution >= 4 is 40.4 Å². The number of fused-ring (bicyclic) bond motifs is 1. The number of H-pyrrole nitrogens is 1. The quantitative estimate of drug-likeness (QED) is 0.417. The van der Waals surface area contributed by atoms with E-state index in [1.807, 2.05) is 0 Å². The van der Waals surface area contributed by atoms with Crippen LogP contribution >= 0.6 is 23.4 Å². The molecule has 2 aromatic heterocycles. The SMILES string of the molecule is CCOC(=O)[C@H](C)Sc1nc2c(cnn2-c2ccc(Cl)cc2)c(=O)[nH]1. The van der Waals surface area contributed by atoms with Gasteiger partial charge in [0.15, 0.2) is 10.8 Å². The molecule has 0 saturated heterocycles. The van der Waals surface area contributed by atoms with Crippen molar-refractivity contribution in [3.05, 3.63) is 45.8 Å². The van der Waals surface area contributed by atoms with Crippen LogP contribution in [0.3, 0.4) is 0 Å². The number of nitrogens with zero attached hydrogens (tertiary/aromatic N) is 3. The molecular formula is C16H15ClN4O3S. The fourth-order valence-corrected chi connectivity index (χ4v) is 3.12. The van der Waals surface area contributed by atoms with Crippen molar-refractivity contribution in [1.29, 1.82) is 0 Å². The monoisotopic (exact) mass is 378 g/mol. The van der Waals surface area contributed by atoms with E-state index >= 15 is 0 Å². The summed E-state index contributed by atoms with van der Waals surface area (Å²) in [6.07, 6.45) is 1.46. The van der Waals surface area contributed by atoms with Gasteiger partial charge in [0, 0.05) is 5.02 Å². The lowest BCUT2D eigenvalue weighted by molar-refractivity contribution is -0.142. The Bertz CT molecular complexity index is 968. The van der Waals surface area contributed by atoms with Gasteiger partial charge in [0.25, 0.3) is 5.56 Å². The van der Waals surface area contributed by atoms with Gasteiger partial charge in [-0.3, -0.25) is 9.59 Å². The van der Waals surface area contributed by atoms with Crippen molar-refractivity contribution in [2.24, 2.45) is 0 Å². The Balaban J connectivity index is 2.00. The molecule has 0 spiro atoms. The van der Waals surface area contributed by atoms with Crippen molar-refractivity contribution < 1.29 is 9.53 Å². The number of nitrogens with one attached hydrogen (secondary N) is 1. The third-order valence-electron chi connectivity index (χ3n) is 3.39. The summed E-state index contributed by atoms with van der Waals surface area (Å²) >= 11 is 7.03. The van der Waals surface area contributed by atoms with E-state index in [2.05, 4.69) is 15.1 Å². The summed E-state index contributed by atoms with van der Waals surface area (Å²) in [4.78, 5) is 31.2. The summed E-state index contributed by atoms with van der Waals surface area (Å²) in [5.41, 5.74) is 0.820. The molecule has 0 aliphatic heterocycles. The number of ether oxygens (including phenoxy) is 1. The maximum atomic E-state index is 12.3. The Morgan fingerprint density at radius 2 is 2.12 bits per heavy atom. The minimum absolute atomic E-state index is 0.302. The van der Waals surface area contributed by atoms with Gasteiger partial charge in [-0.1, -0.05) is 23.4 Å². The number of aromatic amines is 1. The maximum absolute atomic E-state index is 12.3. The second-order valence-corrected chi connectivity index (χ2v) is 6.92. The molecule has 1 aromatic carbocycles. The minimum Gasteiger partial charge on any atom is -0.465 e. The highest BCUT2D eigenvalue weighted by Gasteiger charge is 2.19. The number of halogens is 1. The summed E-state index contributed by atoms with van der Waals surface area (Å²) in [7, 11) is 0. The molecule has 3 aromatic rings. The van der Waals surface area contributed by atoms with E-state index in [1.54, 1.807) is 42.8 Å². The highest BCUT2D eigenvalue weighted by molar-refractivity contribution is 8.00. The smallest absolute Gasteiger partial charge is 0.319 e. The highest BCUT2D eigenvalue weighted by atomic mass is 35.5. The zero-order valence-corrected chi connectivity index (χ0v) is 15.1. The van der Waals surface area contributed by atoms with Crippen LogP contribution in [0.4, 0.5) is 0 Å². The number of rotatable bonds is 5. The summed E-state index contributed by atoms with van der Waals surface area (Å²) in [6.45, 7) is 3.74. The maximum Gasteiger partial charge on any atom is 0.319 e. The topological polar surface area (TPSA) is 89.9 Å². The molecule has 25 heavy (non-hydrogen) atoms. The average molecular weight is 379 g/mol. The van der Waals surface area contributed by atoms with Gasteiger partial charge in [-0.2, -0.15) is 5.10 Å². The molecule has 2 heterocycles. The lowest BCUT2D eigenvalue weighted by Crippen LogP contribution is -2.18. The number of thioether (sulfide) groups is 1. The van der Waals surface area contributed by atoms with E-state index in [4.69, 9.17) is 16.3 Å². The van der Waals surface area contributed by atoms with Crippen LogP contribution in [0.2, 0.25) is 5.02 Å². The van der Waals surface area contributed by atoms with Crippen LogP contribution in [0.25, 0.3) is 16.7 Å². The molecule has 7 nitrogen and oxygen atoms in total. The molecule has 0 unspecified atom stereocenters. The second kappa shape index (κ2) is 7.28. The standard InChI is InChI=1S/C16H15ClN4O3S/c1-3-24-15(23)9(2)25-16-19-13-12(14(22)20-16)8-18-21(13)11-6-4-10(17)5-7-11/h4-9H,3H2,1-2H3,(H,19,20,22)/t9-/m0/s1. The Morgan fingerprint density at radius 1 is 1.40 bits per heavy atom. The van der Waals surface area contributed by atoms with E-state index < -0.39 is 5.25 Å². The number of hydrogen-bond donors (Lipinski definition) is 1. The number of esters is 1. The van der Waals surface area contributed by atoms with Gasteiger partial charge in [0.1, 0.15) is 10.6 Å². The second-order valence-electron chi connectivity index (χ2n) is 5.15. The summed E-state index contributed by atoms with van der Waals surface area (Å²) < 4.78 is 6.53. The number of carbonyl (C=O) groups is 1. The minimum atomic E-state index is -0.493. The van der Waals surface area contributed by atoms with E-state index in [-0.39, 0.29) is 11.5 Å². The van der Waals surface area contributed by atoms with Crippen LogP contribution in [-0.2, 0) is 9.53 Å². The molecule has 0 amide bonds. The molecule has 1 N–H and O–H groups in total. The van der Waals surface area contributed by atoms with Crippen LogP contribution in [0.5, 0.6) is 0 Å². The van der Waals surface area contributed by atoms with Crippen LogP contribution in [0.15, 0.2) is 40.4 Å². The predicted molar refractivity (Wildman–Crippen MR) is 96.4 cm³/mol. The molecule has 0 aliphatic carbocycles. The third kappa shape index (κ3) is 3.69.